The van der Waals surface area contributed by atoms with Crippen LogP contribution in [0.2, 0.25) is 0 Å². The van der Waals surface area contributed by atoms with Crippen molar-refractivity contribution in [3.63, 3.8) is 0 Å². The molecule has 0 atom stereocenters. The Morgan fingerprint density at radius 2 is 2.21 bits per heavy atom. The number of carbonyl (C=O) groups is 1. The van der Waals surface area contributed by atoms with Crippen molar-refractivity contribution in [2.75, 3.05) is 5.73 Å². The van der Waals surface area contributed by atoms with Gasteiger partial charge in [0.25, 0.3) is 0 Å². The number of nitrogens with two attached hydrogens (primary N) is 1. The number of rotatable bonds is 6. The highest BCUT2D eigenvalue weighted by Gasteiger charge is 2.06. The first kappa shape index (κ1) is 13.3. The van der Waals surface area contributed by atoms with Gasteiger partial charge in [-0.15, -0.1) is 0 Å². The molecular formula is C15H19N3O. The number of aryl methyl sites for hydroxylation is 2. The fraction of sp³-hybridized carbons (Fsp3) is 0.333. The second kappa shape index (κ2) is 6.18. The molecule has 4 heteroatoms. The lowest BCUT2D eigenvalue weighted by Gasteiger charge is -2.02. The molecule has 0 aliphatic carbocycles. The summed E-state index contributed by atoms with van der Waals surface area (Å²) in [7, 11) is 0. The first-order chi connectivity index (χ1) is 9.17. The van der Waals surface area contributed by atoms with Gasteiger partial charge >= 0.3 is 0 Å². The van der Waals surface area contributed by atoms with Crippen LogP contribution in [0.4, 0.5) is 5.69 Å². The van der Waals surface area contributed by atoms with Gasteiger partial charge in [-0.3, -0.25) is 9.48 Å². The number of Topliss-reactive ketones (excluding diaryl/α,β-unsaturated/α-hetero) is 1. The van der Waals surface area contributed by atoms with Crippen LogP contribution in [0.5, 0.6) is 0 Å². The lowest BCUT2D eigenvalue weighted by molar-refractivity contribution is -0.118. The van der Waals surface area contributed by atoms with Crippen LogP contribution >= 0.6 is 0 Å². The number of benzene rings is 1. The zero-order valence-electron chi connectivity index (χ0n) is 11.2. The van der Waals surface area contributed by atoms with Crippen LogP contribution in [0.1, 0.15) is 24.5 Å². The van der Waals surface area contributed by atoms with E-state index >= 15 is 0 Å². The van der Waals surface area contributed by atoms with E-state index in [1.165, 1.54) is 0 Å². The summed E-state index contributed by atoms with van der Waals surface area (Å²) in [6.45, 7) is 2.86. The Bertz CT molecular complexity index is 560. The Labute approximate surface area is 113 Å². The van der Waals surface area contributed by atoms with Gasteiger partial charge in [0, 0.05) is 31.3 Å². The molecule has 0 spiro atoms. The fourth-order valence-corrected chi connectivity index (χ4v) is 2.02. The normalized spacial score (nSPS) is 10.6. The molecule has 2 N–H and O–H groups in total. The van der Waals surface area contributed by atoms with Crippen LogP contribution in [-0.2, 0) is 24.2 Å². The smallest absolute Gasteiger partial charge is 0.137 e. The molecule has 0 saturated heterocycles. The largest absolute Gasteiger partial charge is 0.399 e. The topological polar surface area (TPSA) is 60.9 Å². The maximum Gasteiger partial charge on any atom is 0.137 e. The van der Waals surface area contributed by atoms with E-state index in [4.69, 9.17) is 5.73 Å². The third-order valence-corrected chi connectivity index (χ3v) is 3.06. The molecule has 0 amide bonds. The quantitative estimate of drug-likeness (QED) is 0.807. The number of anilines is 1. The Morgan fingerprint density at radius 3 is 2.89 bits per heavy atom. The first-order valence-electron chi connectivity index (χ1n) is 6.55. The van der Waals surface area contributed by atoms with Crippen molar-refractivity contribution in [1.29, 1.82) is 0 Å². The zero-order chi connectivity index (χ0) is 13.7. The van der Waals surface area contributed by atoms with E-state index in [1.807, 2.05) is 42.1 Å². The SMILES string of the molecule is CCn1cc(CC(=O)CCc2cccc(N)c2)cn1. The number of carbonyl (C=O) groups excluding carboxylic acids is 1. The molecule has 2 rings (SSSR count). The van der Waals surface area contributed by atoms with Crippen LogP contribution in [0.3, 0.4) is 0 Å². The summed E-state index contributed by atoms with van der Waals surface area (Å²) in [4.78, 5) is 11.9. The minimum atomic E-state index is 0.234. The maximum absolute atomic E-state index is 11.9. The molecule has 0 aliphatic rings. The lowest BCUT2D eigenvalue weighted by Crippen LogP contribution is -2.04. The summed E-state index contributed by atoms with van der Waals surface area (Å²) in [5.74, 6) is 0.234. The fourth-order valence-electron chi connectivity index (χ4n) is 2.02. The van der Waals surface area contributed by atoms with Crippen molar-refractivity contribution in [2.24, 2.45) is 0 Å². The van der Waals surface area contributed by atoms with Gasteiger partial charge < -0.3 is 5.73 Å². The van der Waals surface area contributed by atoms with Crippen LogP contribution in [0.25, 0.3) is 0 Å². The lowest BCUT2D eigenvalue weighted by atomic mass is 10.0. The predicted octanol–water partition coefficient (Wildman–Crippen LogP) is 2.23. The molecule has 0 fully saturated rings. The highest BCUT2D eigenvalue weighted by atomic mass is 16.1. The highest BCUT2D eigenvalue weighted by Crippen LogP contribution is 2.10. The van der Waals surface area contributed by atoms with Crippen LogP contribution < -0.4 is 5.73 Å². The monoisotopic (exact) mass is 257 g/mol. The molecule has 0 unspecified atom stereocenters. The minimum Gasteiger partial charge on any atom is -0.399 e. The molecule has 0 bridgehead atoms. The minimum absolute atomic E-state index is 0.234. The van der Waals surface area contributed by atoms with E-state index in [-0.39, 0.29) is 5.78 Å². The van der Waals surface area contributed by atoms with E-state index in [0.29, 0.717) is 12.8 Å². The Hall–Kier alpha value is -2.10. The van der Waals surface area contributed by atoms with Crippen molar-refractivity contribution < 1.29 is 4.79 Å². The molecule has 4 nitrogen and oxygen atoms in total. The van der Waals surface area contributed by atoms with Gasteiger partial charge in [0.05, 0.1) is 6.20 Å². The van der Waals surface area contributed by atoms with Crippen molar-refractivity contribution in [1.82, 2.24) is 9.78 Å². The van der Waals surface area contributed by atoms with E-state index in [9.17, 15) is 4.79 Å². The summed E-state index contributed by atoms with van der Waals surface area (Å²) in [5.41, 5.74) is 8.55. The number of hydrogen-bond acceptors (Lipinski definition) is 3. The Kier molecular flexibility index (Phi) is 4.34. The Morgan fingerprint density at radius 1 is 1.37 bits per heavy atom. The molecule has 2 aromatic rings. The second-order valence-electron chi connectivity index (χ2n) is 4.66. The molecule has 0 radical (unpaired) electrons. The highest BCUT2D eigenvalue weighted by molar-refractivity contribution is 5.80. The molecule has 19 heavy (non-hydrogen) atoms. The van der Waals surface area contributed by atoms with Crippen molar-refractivity contribution in [2.45, 2.75) is 32.7 Å². The predicted molar refractivity (Wildman–Crippen MR) is 75.8 cm³/mol. The first-order valence-corrected chi connectivity index (χ1v) is 6.55. The van der Waals surface area contributed by atoms with E-state index in [1.54, 1.807) is 6.20 Å². The molecule has 1 aromatic heterocycles. The van der Waals surface area contributed by atoms with E-state index in [2.05, 4.69) is 5.10 Å². The average molecular weight is 257 g/mol. The molecule has 1 heterocycles. The van der Waals surface area contributed by atoms with Crippen LogP contribution in [0, 0.1) is 0 Å². The van der Waals surface area contributed by atoms with Crippen molar-refractivity contribution in [3.8, 4) is 0 Å². The molecule has 1 aromatic carbocycles. The number of aromatic nitrogens is 2. The number of hydrogen-bond donors (Lipinski definition) is 1. The zero-order valence-corrected chi connectivity index (χ0v) is 11.2. The van der Waals surface area contributed by atoms with Gasteiger partial charge in [0.1, 0.15) is 5.78 Å². The van der Waals surface area contributed by atoms with Gasteiger partial charge in [0.15, 0.2) is 0 Å². The number of ketones is 1. The van der Waals surface area contributed by atoms with Crippen LogP contribution in [-0.4, -0.2) is 15.6 Å². The summed E-state index contributed by atoms with van der Waals surface area (Å²) in [5, 5.41) is 4.17. The summed E-state index contributed by atoms with van der Waals surface area (Å²) in [6, 6.07) is 7.69. The van der Waals surface area contributed by atoms with Crippen molar-refractivity contribution >= 4 is 11.5 Å². The van der Waals surface area contributed by atoms with Gasteiger partial charge in [-0.1, -0.05) is 12.1 Å². The maximum atomic E-state index is 11.9. The molecular weight excluding hydrogens is 238 g/mol. The van der Waals surface area contributed by atoms with Gasteiger partial charge in [0.2, 0.25) is 0 Å². The van der Waals surface area contributed by atoms with E-state index < -0.39 is 0 Å². The average Bonchev–Trinajstić information content (AvgIpc) is 2.84. The standard InChI is InChI=1S/C15H19N3O/c1-2-18-11-13(10-17-18)9-15(19)7-6-12-4-3-5-14(16)8-12/h3-5,8,10-11H,2,6-7,9,16H2,1H3. The summed E-state index contributed by atoms with van der Waals surface area (Å²) >= 11 is 0. The van der Waals surface area contributed by atoms with Gasteiger partial charge in [-0.2, -0.15) is 5.10 Å². The molecule has 100 valence electrons. The van der Waals surface area contributed by atoms with Crippen LogP contribution in [0.15, 0.2) is 36.7 Å². The van der Waals surface area contributed by atoms with Gasteiger partial charge in [-0.05, 0) is 36.6 Å². The van der Waals surface area contributed by atoms with Gasteiger partial charge in [-0.25, -0.2) is 0 Å². The molecule has 0 aliphatic heterocycles. The number of nitrogen functional groups attached to an aromatic ring is 1. The summed E-state index contributed by atoms with van der Waals surface area (Å²) in [6.07, 6.45) is 5.44. The number of nitrogens with zero attached hydrogens (tertiary/aromatic N) is 2. The molecule has 0 saturated carbocycles. The third kappa shape index (κ3) is 3.95. The Balaban J connectivity index is 1.84. The summed E-state index contributed by atoms with van der Waals surface area (Å²) < 4.78 is 1.83. The van der Waals surface area contributed by atoms with E-state index in [0.717, 1.165) is 29.8 Å². The van der Waals surface area contributed by atoms with Crippen molar-refractivity contribution in [3.05, 3.63) is 47.8 Å². The third-order valence-electron chi connectivity index (χ3n) is 3.06. The second-order valence-corrected chi connectivity index (χ2v) is 4.66.